The van der Waals surface area contributed by atoms with E-state index in [1.54, 1.807) is 18.2 Å². The van der Waals surface area contributed by atoms with E-state index in [-0.39, 0.29) is 22.0 Å². The van der Waals surface area contributed by atoms with Gasteiger partial charge >= 0.3 is 0 Å². The van der Waals surface area contributed by atoms with Gasteiger partial charge in [-0.1, -0.05) is 18.2 Å². The van der Waals surface area contributed by atoms with Gasteiger partial charge in [0.2, 0.25) is 0 Å². The van der Waals surface area contributed by atoms with E-state index in [0.29, 0.717) is 22.3 Å². The minimum Gasteiger partial charge on any atom is -0.355 e. The van der Waals surface area contributed by atoms with Crippen molar-refractivity contribution in [2.24, 2.45) is 0 Å². The quantitative estimate of drug-likeness (QED) is 0.204. The van der Waals surface area contributed by atoms with Gasteiger partial charge in [0.1, 0.15) is 4.90 Å². The number of benzene rings is 1. The summed E-state index contributed by atoms with van der Waals surface area (Å²) >= 11 is 0. The summed E-state index contributed by atoms with van der Waals surface area (Å²) in [7, 11) is -4.41. The number of aromatic amines is 2. The number of rotatable bonds is 2. The minimum atomic E-state index is -4.41. The SMILES string of the molecule is O=S(=O)(O)c1ccccc1-c1cc2cc3ccc(cc4nc(cc5nc(cc1[nH]2)C=C5)C=C4)[nH]3.[Fe]. The maximum atomic E-state index is 12.1. The number of aromatic nitrogens is 4. The molecular formula is C26H18FeN4O3S. The van der Waals surface area contributed by atoms with E-state index in [9.17, 15) is 13.0 Å². The first-order valence-electron chi connectivity index (χ1n) is 10.6. The van der Waals surface area contributed by atoms with Crippen molar-refractivity contribution >= 4 is 56.5 Å². The first-order chi connectivity index (χ1) is 16.4. The molecule has 35 heavy (non-hydrogen) atoms. The standard InChI is InChI=1S/C26H18N4O3S.Fe/c31-34(32,33)26-4-2-1-3-23(26)24-14-22-13-20-8-7-18(28-20)11-16-5-6-17(27-16)12-19-9-10-21(29-19)15-25(24)30-22;/h1-15,28,30H,(H,31,32,33);. The van der Waals surface area contributed by atoms with Gasteiger partial charge in [-0.05, 0) is 72.8 Å². The van der Waals surface area contributed by atoms with Gasteiger partial charge in [-0.15, -0.1) is 0 Å². The third-order valence-electron chi connectivity index (χ3n) is 5.62. The van der Waals surface area contributed by atoms with Crippen LogP contribution in [0.5, 0.6) is 0 Å². The van der Waals surface area contributed by atoms with Crippen LogP contribution >= 0.6 is 0 Å². The number of nitrogens with one attached hydrogen (secondary N) is 2. The van der Waals surface area contributed by atoms with Gasteiger partial charge in [0, 0.05) is 50.3 Å². The molecule has 0 fully saturated rings. The van der Waals surface area contributed by atoms with Gasteiger partial charge in [-0.25, -0.2) is 9.97 Å². The first-order valence-corrected chi connectivity index (χ1v) is 12.0. The largest absolute Gasteiger partial charge is 0.355 e. The van der Waals surface area contributed by atoms with E-state index in [4.69, 9.17) is 0 Å². The van der Waals surface area contributed by atoms with Gasteiger partial charge < -0.3 is 9.97 Å². The molecule has 6 rings (SSSR count). The van der Waals surface area contributed by atoms with Gasteiger partial charge in [0.05, 0.1) is 22.8 Å². The van der Waals surface area contributed by atoms with Crippen LogP contribution in [0.3, 0.4) is 0 Å². The van der Waals surface area contributed by atoms with Crippen molar-refractivity contribution < 1.29 is 30.0 Å². The Labute approximate surface area is 211 Å². The van der Waals surface area contributed by atoms with Crippen molar-refractivity contribution in [3.8, 4) is 11.1 Å². The Hall–Kier alpha value is -3.75. The first kappa shape index (κ1) is 23.0. The number of nitrogens with zero attached hydrogens (tertiary/aromatic N) is 2. The molecule has 5 heterocycles. The van der Waals surface area contributed by atoms with Crippen LogP contribution in [0.25, 0.3) is 57.5 Å². The Morgan fingerprint density at radius 1 is 0.629 bits per heavy atom. The van der Waals surface area contributed by atoms with E-state index < -0.39 is 10.1 Å². The van der Waals surface area contributed by atoms with Crippen LogP contribution in [0.4, 0.5) is 0 Å². The summed E-state index contributed by atoms with van der Waals surface area (Å²) < 4.78 is 33.9. The van der Waals surface area contributed by atoms with Gasteiger partial charge in [0.15, 0.2) is 0 Å². The fourth-order valence-electron chi connectivity index (χ4n) is 4.16. The zero-order chi connectivity index (χ0) is 23.3. The molecule has 0 amide bonds. The maximum Gasteiger partial charge on any atom is 0.295 e. The summed E-state index contributed by atoms with van der Waals surface area (Å²) in [5.74, 6) is 0. The zero-order valence-corrected chi connectivity index (χ0v) is 20.0. The maximum absolute atomic E-state index is 12.1. The molecule has 2 aliphatic rings. The Morgan fingerprint density at radius 3 is 1.91 bits per heavy atom. The van der Waals surface area contributed by atoms with E-state index in [0.717, 1.165) is 33.6 Å². The molecule has 4 aromatic rings. The van der Waals surface area contributed by atoms with E-state index in [2.05, 4.69) is 19.9 Å². The summed E-state index contributed by atoms with van der Waals surface area (Å²) in [5, 5.41) is 0. The fourth-order valence-corrected chi connectivity index (χ4v) is 4.86. The van der Waals surface area contributed by atoms with Crippen molar-refractivity contribution in [1.82, 2.24) is 19.9 Å². The van der Waals surface area contributed by atoms with Crippen molar-refractivity contribution in [2.75, 3.05) is 0 Å². The second-order valence-electron chi connectivity index (χ2n) is 8.06. The van der Waals surface area contributed by atoms with Crippen molar-refractivity contribution in [3.63, 3.8) is 0 Å². The molecule has 7 nitrogen and oxygen atoms in total. The molecular weight excluding hydrogens is 504 g/mol. The third-order valence-corrected chi connectivity index (χ3v) is 6.54. The molecule has 9 heteroatoms. The van der Waals surface area contributed by atoms with Crippen LogP contribution in [0.2, 0.25) is 0 Å². The Kier molecular flexibility index (Phi) is 5.78. The molecule has 0 aliphatic carbocycles. The Morgan fingerprint density at radius 2 is 1.23 bits per heavy atom. The minimum absolute atomic E-state index is 0. The van der Waals surface area contributed by atoms with Crippen LogP contribution in [-0.4, -0.2) is 32.9 Å². The van der Waals surface area contributed by atoms with Crippen molar-refractivity contribution in [3.05, 3.63) is 89.5 Å². The van der Waals surface area contributed by atoms with Crippen LogP contribution in [0, 0.1) is 0 Å². The molecule has 3 N–H and O–H groups in total. The van der Waals surface area contributed by atoms with Crippen LogP contribution in [-0.2, 0) is 27.2 Å². The van der Waals surface area contributed by atoms with Gasteiger partial charge in [0.25, 0.3) is 10.1 Å². The van der Waals surface area contributed by atoms with Crippen molar-refractivity contribution in [1.29, 1.82) is 0 Å². The molecule has 0 atom stereocenters. The molecule has 8 bridgehead atoms. The summed E-state index contributed by atoms with van der Waals surface area (Å²) in [6, 6.07) is 19.8. The number of hydrogen-bond acceptors (Lipinski definition) is 4. The molecule has 2 aliphatic heterocycles. The Balaban J connectivity index is 0.00000253. The van der Waals surface area contributed by atoms with Gasteiger partial charge in [-0.3, -0.25) is 4.55 Å². The molecule has 0 saturated heterocycles. The summed E-state index contributed by atoms with van der Waals surface area (Å²) in [6.45, 7) is 0. The predicted octanol–water partition coefficient (Wildman–Crippen LogP) is 5.57. The van der Waals surface area contributed by atoms with E-state index >= 15 is 0 Å². The molecule has 0 spiro atoms. The second-order valence-corrected chi connectivity index (χ2v) is 9.45. The molecule has 0 saturated carbocycles. The van der Waals surface area contributed by atoms with Crippen LogP contribution in [0.1, 0.15) is 22.8 Å². The molecule has 0 unspecified atom stereocenters. The normalized spacial score (nSPS) is 12.5. The molecule has 1 aromatic carbocycles. The summed E-state index contributed by atoms with van der Waals surface area (Å²) in [4.78, 5) is 15.8. The third kappa shape index (κ3) is 4.62. The smallest absolute Gasteiger partial charge is 0.295 e. The number of hydrogen-bond donors (Lipinski definition) is 3. The van der Waals surface area contributed by atoms with Crippen LogP contribution in [0.15, 0.2) is 71.6 Å². The number of fused-ring (bicyclic) bond motifs is 8. The summed E-state index contributed by atoms with van der Waals surface area (Å²) in [5.41, 5.74) is 7.38. The monoisotopic (exact) mass is 522 g/mol. The fraction of sp³-hybridized carbons (Fsp3) is 0. The average molecular weight is 522 g/mol. The van der Waals surface area contributed by atoms with Gasteiger partial charge in [-0.2, -0.15) is 8.42 Å². The predicted molar refractivity (Wildman–Crippen MR) is 134 cm³/mol. The number of H-pyrrole nitrogens is 2. The Bertz CT molecular complexity index is 1800. The molecule has 3 aromatic heterocycles. The van der Waals surface area contributed by atoms with Crippen LogP contribution < -0.4 is 0 Å². The molecule has 0 radical (unpaired) electrons. The average Bonchev–Trinajstić information content (AvgIpc) is 3.58. The molecule has 174 valence electrons. The van der Waals surface area contributed by atoms with Crippen molar-refractivity contribution in [2.45, 2.75) is 4.90 Å². The second kappa shape index (κ2) is 8.79. The van der Waals surface area contributed by atoms with E-state index in [1.807, 2.05) is 66.8 Å². The topological polar surface area (TPSA) is 112 Å². The van der Waals surface area contributed by atoms with E-state index in [1.165, 1.54) is 6.07 Å². The summed E-state index contributed by atoms with van der Waals surface area (Å²) in [6.07, 6.45) is 7.69. The zero-order valence-electron chi connectivity index (χ0n) is 18.1.